The summed E-state index contributed by atoms with van der Waals surface area (Å²) in [5, 5.41) is 6.82. The summed E-state index contributed by atoms with van der Waals surface area (Å²) in [6.07, 6.45) is 3.42. The first-order valence-electron chi connectivity index (χ1n) is 4.94. The molecule has 3 N–H and O–H groups in total. The molecule has 2 rings (SSSR count). The van der Waals surface area contributed by atoms with Crippen LogP contribution in [0.2, 0.25) is 0 Å². The number of nitrogens with two attached hydrogens (primary N) is 1. The van der Waals surface area contributed by atoms with Gasteiger partial charge in [0.25, 0.3) is 0 Å². The topological polar surface area (TPSA) is 55.9 Å². The van der Waals surface area contributed by atoms with E-state index in [0.29, 0.717) is 11.4 Å². The van der Waals surface area contributed by atoms with Crippen molar-refractivity contribution >= 4 is 23.0 Å². The molecule has 0 bridgehead atoms. The Morgan fingerprint density at radius 3 is 2.82 bits per heavy atom. The van der Waals surface area contributed by atoms with E-state index in [1.54, 1.807) is 24.5 Å². The van der Waals surface area contributed by atoms with Crippen molar-refractivity contribution in [3.05, 3.63) is 42.0 Å². The van der Waals surface area contributed by atoms with Crippen LogP contribution >= 0.6 is 12.2 Å². The molecular weight excluding hydrogens is 239 g/mol. The first-order chi connectivity index (χ1) is 8.06. The molecule has 17 heavy (non-hydrogen) atoms. The Labute approximate surface area is 103 Å². The van der Waals surface area contributed by atoms with Crippen LogP contribution in [0.5, 0.6) is 0 Å². The maximum atomic E-state index is 13.8. The van der Waals surface area contributed by atoms with Gasteiger partial charge in [-0.3, -0.25) is 0 Å². The second-order valence-corrected chi connectivity index (χ2v) is 4.06. The number of aryl methyl sites for hydroxylation is 1. The van der Waals surface area contributed by atoms with Gasteiger partial charge in [0.15, 0.2) is 10.9 Å². The summed E-state index contributed by atoms with van der Waals surface area (Å²) in [4.78, 5) is 0. The molecule has 1 aromatic heterocycles. The molecule has 1 aromatic carbocycles. The van der Waals surface area contributed by atoms with Gasteiger partial charge >= 0.3 is 0 Å². The number of anilines is 1. The van der Waals surface area contributed by atoms with Crippen molar-refractivity contribution in [1.29, 1.82) is 0 Å². The van der Waals surface area contributed by atoms with E-state index in [4.69, 9.17) is 5.73 Å². The number of thiocarbonyl (C=S) groups is 1. The Bertz CT molecular complexity index is 564. The number of rotatable bonds is 2. The maximum Gasteiger partial charge on any atom is 0.168 e. The first kappa shape index (κ1) is 11.5. The number of benzene rings is 1. The molecule has 0 amide bonds. The summed E-state index contributed by atoms with van der Waals surface area (Å²) in [6.45, 7) is 1.89. The van der Waals surface area contributed by atoms with Gasteiger partial charge in [-0.2, -0.15) is 5.10 Å². The minimum absolute atomic E-state index is 0.104. The average molecular weight is 250 g/mol. The van der Waals surface area contributed by atoms with Gasteiger partial charge in [-0.1, -0.05) is 0 Å². The van der Waals surface area contributed by atoms with Crippen molar-refractivity contribution in [2.24, 2.45) is 5.73 Å². The van der Waals surface area contributed by atoms with Crippen LogP contribution in [0.4, 0.5) is 10.1 Å². The molecule has 0 fully saturated rings. The lowest BCUT2D eigenvalue weighted by Crippen LogP contribution is -2.19. The minimum atomic E-state index is -0.394. The van der Waals surface area contributed by atoms with Crippen molar-refractivity contribution in [3.8, 4) is 5.69 Å². The lowest BCUT2D eigenvalue weighted by atomic mass is 10.2. The summed E-state index contributed by atoms with van der Waals surface area (Å²) in [7, 11) is 0. The molecule has 0 saturated heterocycles. The highest BCUT2D eigenvalue weighted by molar-refractivity contribution is 7.80. The highest BCUT2D eigenvalue weighted by atomic mass is 32.1. The molecule has 0 spiro atoms. The molecular formula is C11H11FN4S. The summed E-state index contributed by atoms with van der Waals surface area (Å²) >= 11 is 4.68. The lowest BCUT2D eigenvalue weighted by Gasteiger charge is -2.07. The molecule has 0 saturated carbocycles. The normalized spacial score (nSPS) is 10.2. The quantitative estimate of drug-likeness (QED) is 0.800. The van der Waals surface area contributed by atoms with Crippen molar-refractivity contribution < 1.29 is 4.39 Å². The van der Waals surface area contributed by atoms with E-state index in [2.05, 4.69) is 22.6 Å². The molecule has 4 nitrogen and oxygen atoms in total. The van der Waals surface area contributed by atoms with Gasteiger partial charge in [-0.05, 0) is 42.9 Å². The SMILES string of the molecule is Cc1cnn(-c2ccc(NC(N)=S)cc2F)c1. The zero-order valence-corrected chi connectivity index (χ0v) is 9.96. The molecule has 0 aliphatic heterocycles. The van der Waals surface area contributed by atoms with Gasteiger partial charge in [0.2, 0.25) is 0 Å². The zero-order valence-electron chi connectivity index (χ0n) is 9.14. The van der Waals surface area contributed by atoms with Gasteiger partial charge in [0.05, 0.1) is 6.20 Å². The smallest absolute Gasteiger partial charge is 0.168 e. The number of nitrogens with one attached hydrogen (secondary N) is 1. The van der Waals surface area contributed by atoms with Crippen molar-refractivity contribution in [2.75, 3.05) is 5.32 Å². The monoisotopic (exact) mass is 250 g/mol. The fourth-order valence-electron chi connectivity index (χ4n) is 1.46. The fourth-order valence-corrected chi connectivity index (χ4v) is 1.58. The van der Waals surface area contributed by atoms with E-state index < -0.39 is 5.82 Å². The minimum Gasteiger partial charge on any atom is -0.376 e. The van der Waals surface area contributed by atoms with E-state index in [9.17, 15) is 4.39 Å². The van der Waals surface area contributed by atoms with Crippen LogP contribution in [0.3, 0.4) is 0 Å². The van der Waals surface area contributed by atoms with Gasteiger partial charge in [-0.25, -0.2) is 9.07 Å². The van der Waals surface area contributed by atoms with Crippen LogP contribution in [0.1, 0.15) is 5.56 Å². The van der Waals surface area contributed by atoms with E-state index in [1.807, 2.05) is 6.92 Å². The van der Waals surface area contributed by atoms with Crippen molar-refractivity contribution in [3.63, 3.8) is 0 Å². The summed E-state index contributed by atoms with van der Waals surface area (Å²) in [5.41, 5.74) is 7.17. The molecule has 2 aromatic rings. The largest absolute Gasteiger partial charge is 0.376 e. The summed E-state index contributed by atoms with van der Waals surface area (Å²) in [5.74, 6) is -0.394. The van der Waals surface area contributed by atoms with E-state index in [1.165, 1.54) is 10.7 Å². The summed E-state index contributed by atoms with van der Waals surface area (Å²) in [6, 6.07) is 4.63. The Morgan fingerprint density at radius 1 is 1.53 bits per heavy atom. The number of hydrogen-bond acceptors (Lipinski definition) is 2. The van der Waals surface area contributed by atoms with Crippen LogP contribution in [0.25, 0.3) is 5.69 Å². The third kappa shape index (κ3) is 2.59. The van der Waals surface area contributed by atoms with Gasteiger partial charge in [-0.15, -0.1) is 0 Å². The lowest BCUT2D eigenvalue weighted by molar-refractivity contribution is 0.611. The first-order valence-corrected chi connectivity index (χ1v) is 5.35. The van der Waals surface area contributed by atoms with Crippen LogP contribution in [-0.4, -0.2) is 14.9 Å². The Hall–Kier alpha value is -1.95. The molecule has 0 atom stereocenters. The molecule has 88 valence electrons. The molecule has 6 heteroatoms. The van der Waals surface area contributed by atoms with Crippen LogP contribution in [0, 0.1) is 12.7 Å². The predicted molar refractivity (Wildman–Crippen MR) is 68.7 cm³/mol. The number of hydrogen-bond donors (Lipinski definition) is 2. The van der Waals surface area contributed by atoms with Crippen LogP contribution < -0.4 is 11.1 Å². The predicted octanol–water partition coefficient (Wildman–Crippen LogP) is 1.98. The number of aromatic nitrogens is 2. The maximum absolute atomic E-state index is 13.8. The van der Waals surface area contributed by atoms with Crippen molar-refractivity contribution in [1.82, 2.24) is 9.78 Å². The highest BCUT2D eigenvalue weighted by Gasteiger charge is 2.06. The van der Waals surface area contributed by atoms with E-state index >= 15 is 0 Å². The second-order valence-electron chi connectivity index (χ2n) is 3.62. The number of nitrogens with zero attached hydrogens (tertiary/aromatic N) is 2. The molecule has 0 aliphatic rings. The van der Waals surface area contributed by atoms with Crippen LogP contribution in [-0.2, 0) is 0 Å². The highest BCUT2D eigenvalue weighted by Crippen LogP contribution is 2.18. The van der Waals surface area contributed by atoms with Gasteiger partial charge in [0.1, 0.15) is 5.69 Å². The summed E-state index contributed by atoms with van der Waals surface area (Å²) < 4.78 is 15.3. The molecule has 0 radical (unpaired) electrons. The fraction of sp³-hybridized carbons (Fsp3) is 0.0909. The van der Waals surface area contributed by atoms with E-state index in [-0.39, 0.29) is 5.11 Å². The standard InChI is InChI=1S/C11H11FN4S/c1-7-5-14-16(6-7)10-3-2-8(4-9(10)12)15-11(13)17/h2-6H,1H3,(H3,13,15,17). The van der Waals surface area contributed by atoms with Gasteiger partial charge in [0, 0.05) is 11.9 Å². The Kier molecular flexibility index (Phi) is 3.06. The zero-order chi connectivity index (χ0) is 12.4. The third-order valence-electron chi connectivity index (χ3n) is 2.17. The van der Waals surface area contributed by atoms with Crippen LogP contribution in [0.15, 0.2) is 30.6 Å². The third-order valence-corrected chi connectivity index (χ3v) is 2.28. The molecule has 1 heterocycles. The van der Waals surface area contributed by atoms with Gasteiger partial charge < -0.3 is 11.1 Å². The number of halogens is 1. The second kappa shape index (κ2) is 4.50. The Morgan fingerprint density at radius 2 is 2.29 bits per heavy atom. The van der Waals surface area contributed by atoms with E-state index in [0.717, 1.165) is 5.56 Å². The average Bonchev–Trinajstić information content (AvgIpc) is 2.64. The van der Waals surface area contributed by atoms with Crippen molar-refractivity contribution in [2.45, 2.75) is 6.92 Å². The molecule has 0 unspecified atom stereocenters. The molecule has 0 aliphatic carbocycles. The Balaban J connectivity index is 2.34.